The van der Waals surface area contributed by atoms with E-state index in [-0.39, 0.29) is 10.8 Å². The van der Waals surface area contributed by atoms with Gasteiger partial charge in [0.25, 0.3) is 10.0 Å². The highest BCUT2D eigenvalue weighted by atomic mass is 32.2. The van der Waals surface area contributed by atoms with E-state index in [2.05, 4.69) is 4.72 Å². The predicted molar refractivity (Wildman–Crippen MR) is 94.8 cm³/mol. The fraction of sp³-hybridized carbons (Fsp3) is 0.278. The Morgan fingerprint density at radius 2 is 1.71 bits per heavy atom. The first-order valence-corrected chi connectivity index (χ1v) is 9.36. The molecule has 0 unspecified atom stereocenters. The quantitative estimate of drug-likeness (QED) is 0.926. The molecule has 5 nitrogen and oxygen atoms in total. The fourth-order valence-corrected chi connectivity index (χ4v) is 3.79. The van der Waals surface area contributed by atoms with Gasteiger partial charge in [-0.3, -0.25) is 9.52 Å². The molecule has 1 aliphatic heterocycles. The number of nitrogens with one attached hydrogen (secondary N) is 1. The van der Waals surface area contributed by atoms with Crippen molar-refractivity contribution in [2.24, 2.45) is 0 Å². The van der Waals surface area contributed by atoms with Crippen LogP contribution in [0.4, 0.5) is 11.4 Å². The van der Waals surface area contributed by atoms with Crippen molar-refractivity contribution in [3.05, 3.63) is 53.6 Å². The second-order valence-electron chi connectivity index (χ2n) is 6.05. The van der Waals surface area contributed by atoms with Crippen LogP contribution in [0.1, 0.15) is 24.0 Å². The molecule has 0 spiro atoms. The number of aryl methyl sites for hydroxylation is 2. The Kier molecular flexibility index (Phi) is 4.32. The smallest absolute Gasteiger partial charge is 0.261 e. The van der Waals surface area contributed by atoms with Gasteiger partial charge in [0.15, 0.2) is 0 Å². The van der Waals surface area contributed by atoms with Crippen LogP contribution in [0.3, 0.4) is 0 Å². The molecule has 2 aromatic carbocycles. The zero-order valence-corrected chi connectivity index (χ0v) is 14.6. The SMILES string of the molecule is Cc1ccc(NS(=O)(=O)c2ccc(N3CCCC3=O)cc2)cc1C. The third-order valence-corrected chi connectivity index (χ3v) is 5.69. The molecule has 0 atom stereocenters. The van der Waals surface area contributed by atoms with Gasteiger partial charge < -0.3 is 4.90 Å². The van der Waals surface area contributed by atoms with Crippen LogP contribution in [0.25, 0.3) is 0 Å². The maximum Gasteiger partial charge on any atom is 0.261 e. The monoisotopic (exact) mass is 344 g/mol. The number of anilines is 2. The molecule has 0 bridgehead atoms. The zero-order valence-electron chi connectivity index (χ0n) is 13.7. The van der Waals surface area contributed by atoms with Crippen molar-refractivity contribution in [2.75, 3.05) is 16.2 Å². The number of hydrogen-bond acceptors (Lipinski definition) is 3. The molecular weight excluding hydrogens is 324 g/mol. The van der Waals surface area contributed by atoms with Crippen LogP contribution in [0, 0.1) is 13.8 Å². The van der Waals surface area contributed by atoms with E-state index in [0.29, 0.717) is 18.7 Å². The van der Waals surface area contributed by atoms with E-state index in [1.165, 1.54) is 12.1 Å². The molecule has 1 amide bonds. The van der Waals surface area contributed by atoms with Gasteiger partial charge in [-0.05, 0) is 67.8 Å². The fourth-order valence-electron chi connectivity index (χ4n) is 2.75. The molecule has 6 heteroatoms. The van der Waals surface area contributed by atoms with Gasteiger partial charge >= 0.3 is 0 Å². The third-order valence-electron chi connectivity index (χ3n) is 4.29. The summed E-state index contributed by atoms with van der Waals surface area (Å²) < 4.78 is 27.6. The highest BCUT2D eigenvalue weighted by molar-refractivity contribution is 7.92. The second kappa shape index (κ2) is 6.28. The van der Waals surface area contributed by atoms with Gasteiger partial charge in [0, 0.05) is 24.3 Å². The van der Waals surface area contributed by atoms with Gasteiger partial charge in [0.2, 0.25) is 5.91 Å². The molecule has 1 heterocycles. The van der Waals surface area contributed by atoms with Crippen molar-refractivity contribution in [1.29, 1.82) is 0 Å². The van der Waals surface area contributed by atoms with Crippen molar-refractivity contribution in [3.8, 4) is 0 Å². The van der Waals surface area contributed by atoms with Crippen LogP contribution in [0.15, 0.2) is 47.4 Å². The van der Waals surface area contributed by atoms with Crippen molar-refractivity contribution in [1.82, 2.24) is 0 Å². The van der Waals surface area contributed by atoms with Crippen LogP contribution in [-0.2, 0) is 14.8 Å². The van der Waals surface area contributed by atoms with Crippen LogP contribution in [0.2, 0.25) is 0 Å². The summed E-state index contributed by atoms with van der Waals surface area (Å²) in [6, 6.07) is 11.9. The lowest BCUT2D eigenvalue weighted by atomic mass is 10.1. The van der Waals surface area contributed by atoms with Crippen LogP contribution in [-0.4, -0.2) is 20.9 Å². The van der Waals surface area contributed by atoms with E-state index < -0.39 is 10.0 Å². The molecule has 126 valence electrons. The van der Waals surface area contributed by atoms with Crippen molar-refractivity contribution in [2.45, 2.75) is 31.6 Å². The Labute approximate surface area is 142 Å². The summed E-state index contributed by atoms with van der Waals surface area (Å²) in [7, 11) is -3.65. The molecule has 2 aromatic rings. The van der Waals surface area contributed by atoms with Gasteiger partial charge in [0.05, 0.1) is 4.90 Å². The average Bonchev–Trinajstić information content (AvgIpc) is 2.97. The van der Waals surface area contributed by atoms with Gasteiger partial charge in [0.1, 0.15) is 0 Å². The van der Waals surface area contributed by atoms with Crippen LogP contribution >= 0.6 is 0 Å². The zero-order chi connectivity index (χ0) is 17.3. The first kappa shape index (κ1) is 16.5. The molecular formula is C18H20N2O3S. The molecule has 0 radical (unpaired) electrons. The van der Waals surface area contributed by atoms with Crippen molar-refractivity contribution in [3.63, 3.8) is 0 Å². The number of carbonyl (C=O) groups excluding carboxylic acids is 1. The summed E-state index contributed by atoms with van der Waals surface area (Å²) in [5.74, 6) is 0.0823. The predicted octanol–water partition coefficient (Wildman–Crippen LogP) is 3.23. The van der Waals surface area contributed by atoms with Crippen molar-refractivity contribution < 1.29 is 13.2 Å². The van der Waals surface area contributed by atoms with Gasteiger partial charge in [-0.25, -0.2) is 8.42 Å². The topological polar surface area (TPSA) is 66.5 Å². The second-order valence-corrected chi connectivity index (χ2v) is 7.73. The lowest BCUT2D eigenvalue weighted by Gasteiger charge is -2.16. The Bertz CT molecular complexity index is 874. The van der Waals surface area contributed by atoms with Gasteiger partial charge in [-0.2, -0.15) is 0 Å². The Hall–Kier alpha value is -2.34. The number of nitrogens with zero attached hydrogens (tertiary/aromatic N) is 1. The number of hydrogen-bond donors (Lipinski definition) is 1. The number of sulfonamides is 1. The molecule has 1 N–H and O–H groups in total. The minimum Gasteiger partial charge on any atom is -0.312 e. The number of carbonyl (C=O) groups is 1. The van der Waals surface area contributed by atoms with E-state index in [9.17, 15) is 13.2 Å². The molecule has 24 heavy (non-hydrogen) atoms. The Morgan fingerprint density at radius 1 is 1.00 bits per heavy atom. The van der Waals surface area contributed by atoms with Crippen LogP contribution < -0.4 is 9.62 Å². The molecule has 1 aliphatic rings. The average molecular weight is 344 g/mol. The molecule has 0 saturated carbocycles. The van der Waals surface area contributed by atoms with E-state index in [1.54, 1.807) is 23.1 Å². The van der Waals surface area contributed by atoms with Crippen LogP contribution in [0.5, 0.6) is 0 Å². The highest BCUT2D eigenvalue weighted by Crippen LogP contribution is 2.24. The molecule has 0 aromatic heterocycles. The standard InChI is InChI=1S/C18H20N2O3S/c1-13-5-6-15(12-14(13)2)19-24(22,23)17-9-7-16(8-10-17)20-11-3-4-18(20)21/h5-10,12,19H,3-4,11H2,1-2H3. The summed E-state index contributed by atoms with van der Waals surface area (Å²) in [6.07, 6.45) is 1.39. The molecule has 1 fully saturated rings. The summed E-state index contributed by atoms with van der Waals surface area (Å²) in [5, 5.41) is 0. The van der Waals surface area contributed by atoms with Crippen molar-refractivity contribution >= 4 is 27.3 Å². The summed E-state index contributed by atoms with van der Waals surface area (Å²) in [6.45, 7) is 4.60. The summed E-state index contributed by atoms with van der Waals surface area (Å²) >= 11 is 0. The van der Waals surface area contributed by atoms with Gasteiger partial charge in [-0.1, -0.05) is 6.07 Å². The Morgan fingerprint density at radius 3 is 2.29 bits per heavy atom. The summed E-state index contributed by atoms with van der Waals surface area (Å²) in [4.78, 5) is 13.6. The van der Waals surface area contributed by atoms with E-state index in [0.717, 1.165) is 23.2 Å². The molecule has 3 rings (SSSR count). The minimum absolute atomic E-state index is 0.0823. The maximum atomic E-state index is 12.5. The largest absolute Gasteiger partial charge is 0.312 e. The minimum atomic E-state index is -3.65. The Balaban J connectivity index is 1.81. The molecule has 0 aliphatic carbocycles. The normalized spacial score (nSPS) is 14.9. The maximum absolute atomic E-state index is 12.5. The van der Waals surface area contributed by atoms with E-state index in [4.69, 9.17) is 0 Å². The lowest BCUT2D eigenvalue weighted by Crippen LogP contribution is -2.23. The third kappa shape index (κ3) is 3.28. The lowest BCUT2D eigenvalue weighted by molar-refractivity contribution is -0.117. The number of benzene rings is 2. The van der Waals surface area contributed by atoms with Gasteiger partial charge in [-0.15, -0.1) is 0 Å². The highest BCUT2D eigenvalue weighted by Gasteiger charge is 2.22. The van der Waals surface area contributed by atoms with E-state index >= 15 is 0 Å². The number of amides is 1. The van der Waals surface area contributed by atoms with E-state index in [1.807, 2.05) is 26.0 Å². The first-order chi connectivity index (χ1) is 11.4. The first-order valence-electron chi connectivity index (χ1n) is 7.87. The summed E-state index contributed by atoms with van der Waals surface area (Å²) in [5.41, 5.74) is 3.41. The molecule has 1 saturated heterocycles. The number of rotatable bonds is 4.